The Morgan fingerprint density at radius 1 is 1.28 bits per heavy atom. The minimum atomic E-state index is -0.620. The summed E-state index contributed by atoms with van der Waals surface area (Å²) >= 11 is 0.943. The number of aliphatic hydroxyl groups excluding tert-OH is 1. The molecule has 4 aromatic rings. The minimum Gasteiger partial charge on any atom is -0.395 e. The minimum absolute atomic E-state index is 0.0552. The second kappa shape index (κ2) is 9.91. The molecule has 2 atom stereocenters. The number of likely N-dealkylation sites (N-methyl/N-ethyl adjacent to an activating group) is 1. The first-order valence-corrected chi connectivity index (χ1v) is 13.7. The third kappa shape index (κ3) is 3.91. The van der Waals surface area contributed by atoms with Crippen LogP contribution in [0.3, 0.4) is 0 Å². The van der Waals surface area contributed by atoms with Gasteiger partial charge in [0.25, 0.3) is 0 Å². The number of nitrogens with two attached hydrogens (primary N) is 1. The van der Waals surface area contributed by atoms with E-state index in [4.69, 9.17) is 15.5 Å². The number of nitrogen functional groups attached to an aromatic ring is 1. The van der Waals surface area contributed by atoms with E-state index >= 15 is 4.39 Å². The molecule has 0 radical (unpaired) electrons. The fourth-order valence-corrected chi connectivity index (χ4v) is 6.98. The third-order valence-corrected chi connectivity index (χ3v) is 8.99. The molecule has 1 fully saturated rings. The van der Waals surface area contributed by atoms with Gasteiger partial charge in [-0.1, -0.05) is 6.92 Å². The number of aromatic nitrogens is 3. The summed E-state index contributed by atoms with van der Waals surface area (Å²) in [4.78, 5) is 17.9. The van der Waals surface area contributed by atoms with Gasteiger partial charge in [-0.2, -0.15) is 5.26 Å². The SMILES string of the molecule is CCN(CCO)[C@H]1CCN(c2ncc3c4c(c(-c5ncc(F)c6sc(N)c(C#N)c56)c(F)c3n2)COC4)[C@H]1C. The number of pyridine rings is 1. The van der Waals surface area contributed by atoms with Crippen LogP contribution < -0.4 is 10.6 Å². The van der Waals surface area contributed by atoms with E-state index in [2.05, 4.69) is 33.6 Å². The number of rotatable bonds is 6. The van der Waals surface area contributed by atoms with Gasteiger partial charge < -0.3 is 20.5 Å². The van der Waals surface area contributed by atoms with Crippen molar-refractivity contribution < 1.29 is 18.6 Å². The highest BCUT2D eigenvalue weighted by molar-refractivity contribution is 7.23. The summed E-state index contributed by atoms with van der Waals surface area (Å²) in [5.74, 6) is -0.827. The smallest absolute Gasteiger partial charge is 0.226 e. The third-order valence-electron chi connectivity index (χ3n) is 7.97. The maximum absolute atomic E-state index is 16.6. The summed E-state index contributed by atoms with van der Waals surface area (Å²) in [5.41, 5.74) is 7.85. The van der Waals surface area contributed by atoms with Gasteiger partial charge in [-0.25, -0.2) is 18.7 Å². The summed E-state index contributed by atoms with van der Waals surface area (Å²) in [7, 11) is 0. The average molecular weight is 552 g/mol. The molecule has 0 bridgehead atoms. The van der Waals surface area contributed by atoms with Crippen molar-refractivity contribution in [1.29, 1.82) is 5.26 Å². The van der Waals surface area contributed by atoms with Gasteiger partial charge in [0.1, 0.15) is 16.6 Å². The van der Waals surface area contributed by atoms with Crippen LogP contribution in [0.1, 0.15) is 37.0 Å². The maximum Gasteiger partial charge on any atom is 0.226 e. The van der Waals surface area contributed by atoms with E-state index in [-0.39, 0.29) is 69.3 Å². The number of nitriles is 1. The van der Waals surface area contributed by atoms with Crippen LogP contribution in [-0.2, 0) is 18.0 Å². The molecule has 3 aromatic heterocycles. The lowest BCUT2D eigenvalue weighted by atomic mass is 9.94. The van der Waals surface area contributed by atoms with Gasteiger partial charge in [0.05, 0.1) is 42.0 Å². The number of fused-ring (bicyclic) bond motifs is 4. The molecular formula is C27H27F2N7O2S. The molecule has 0 amide bonds. The quantitative estimate of drug-likeness (QED) is 0.366. The van der Waals surface area contributed by atoms with Crippen molar-refractivity contribution in [2.75, 3.05) is 36.9 Å². The van der Waals surface area contributed by atoms with Crippen LogP contribution >= 0.6 is 11.3 Å². The summed E-state index contributed by atoms with van der Waals surface area (Å²) in [6, 6.07) is 2.30. The van der Waals surface area contributed by atoms with Crippen molar-refractivity contribution in [3.05, 3.63) is 40.7 Å². The highest BCUT2D eigenvalue weighted by Gasteiger charge is 2.36. The maximum atomic E-state index is 16.6. The Labute approximate surface area is 227 Å². The number of anilines is 2. The van der Waals surface area contributed by atoms with Crippen LogP contribution in [0.4, 0.5) is 19.7 Å². The Balaban J connectivity index is 1.53. The molecule has 202 valence electrons. The molecule has 0 aliphatic carbocycles. The number of hydrogen-bond acceptors (Lipinski definition) is 10. The number of thiophene rings is 1. The van der Waals surface area contributed by atoms with E-state index in [0.717, 1.165) is 36.1 Å². The normalized spacial score (nSPS) is 18.9. The van der Waals surface area contributed by atoms with Crippen molar-refractivity contribution in [1.82, 2.24) is 19.9 Å². The first-order chi connectivity index (χ1) is 18.9. The molecule has 5 heterocycles. The van der Waals surface area contributed by atoms with E-state index in [9.17, 15) is 14.8 Å². The predicted molar refractivity (Wildman–Crippen MR) is 145 cm³/mol. The zero-order valence-electron chi connectivity index (χ0n) is 21.5. The van der Waals surface area contributed by atoms with E-state index < -0.39 is 11.6 Å². The zero-order chi connectivity index (χ0) is 27.4. The Kier molecular flexibility index (Phi) is 6.55. The molecular weight excluding hydrogens is 524 g/mol. The fourth-order valence-electron chi connectivity index (χ4n) is 6.06. The number of nitrogens with zero attached hydrogens (tertiary/aromatic N) is 6. The van der Waals surface area contributed by atoms with Crippen LogP contribution in [0, 0.1) is 23.0 Å². The Hall–Kier alpha value is -3.50. The summed E-state index contributed by atoms with van der Waals surface area (Å²) in [5, 5.41) is 20.1. The standard InChI is InChI=1S/C27H27F2N7O2S/c1-3-35(6-7-37)19-4-5-36(13(19)2)27-33-9-15-16-11-38-12-17(16)20(22(29)23(15)34-27)24-21-14(8-30)26(31)39-25(21)18(28)10-32-24/h9-10,13,19,37H,3-7,11-12,31H2,1-2H3/t13-,19-/m0/s1. The second-order valence-corrected chi connectivity index (χ2v) is 10.9. The molecule has 2 aliphatic heterocycles. The van der Waals surface area contributed by atoms with Crippen LogP contribution in [0.15, 0.2) is 12.4 Å². The monoisotopic (exact) mass is 551 g/mol. The molecule has 0 saturated carbocycles. The van der Waals surface area contributed by atoms with Crippen LogP contribution in [0.25, 0.3) is 32.2 Å². The van der Waals surface area contributed by atoms with Crippen molar-refractivity contribution >= 4 is 43.3 Å². The van der Waals surface area contributed by atoms with Crippen molar-refractivity contribution in [2.45, 2.75) is 45.6 Å². The number of benzene rings is 1. The van der Waals surface area contributed by atoms with Gasteiger partial charge in [-0.15, -0.1) is 11.3 Å². The van der Waals surface area contributed by atoms with Crippen LogP contribution in [0.5, 0.6) is 0 Å². The summed E-state index contributed by atoms with van der Waals surface area (Å²) in [6.45, 7) is 6.72. The molecule has 9 nitrogen and oxygen atoms in total. The van der Waals surface area contributed by atoms with Gasteiger partial charge in [-0.05, 0) is 31.0 Å². The Morgan fingerprint density at radius 3 is 2.82 bits per heavy atom. The number of aliphatic hydroxyl groups is 1. The molecule has 1 aromatic carbocycles. The largest absolute Gasteiger partial charge is 0.395 e. The van der Waals surface area contributed by atoms with E-state index in [1.54, 1.807) is 6.20 Å². The number of hydrogen-bond donors (Lipinski definition) is 2. The topological polar surface area (TPSA) is 124 Å². The highest BCUT2D eigenvalue weighted by Crippen LogP contribution is 2.45. The first kappa shape index (κ1) is 25.8. The summed E-state index contributed by atoms with van der Waals surface area (Å²) in [6.07, 6.45) is 3.54. The van der Waals surface area contributed by atoms with Crippen LogP contribution in [-0.4, -0.2) is 63.3 Å². The van der Waals surface area contributed by atoms with Gasteiger partial charge in [0.15, 0.2) is 11.6 Å². The lowest BCUT2D eigenvalue weighted by molar-refractivity contribution is 0.135. The average Bonchev–Trinajstić information content (AvgIpc) is 3.65. The van der Waals surface area contributed by atoms with Crippen molar-refractivity contribution in [2.24, 2.45) is 0 Å². The lowest BCUT2D eigenvalue weighted by Gasteiger charge is -2.32. The second-order valence-electron chi connectivity index (χ2n) is 9.83. The molecule has 0 spiro atoms. The zero-order valence-corrected chi connectivity index (χ0v) is 22.4. The predicted octanol–water partition coefficient (Wildman–Crippen LogP) is 3.95. The Morgan fingerprint density at radius 2 is 2.08 bits per heavy atom. The molecule has 1 saturated heterocycles. The first-order valence-electron chi connectivity index (χ1n) is 12.9. The van der Waals surface area contributed by atoms with Gasteiger partial charge in [0, 0.05) is 47.7 Å². The van der Waals surface area contributed by atoms with Gasteiger partial charge in [0.2, 0.25) is 5.95 Å². The van der Waals surface area contributed by atoms with E-state index in [1.165, 1.54) is 0 Å². The van der Waals surface area contributed by atoms with Gasteiger partial charge >= 0.3 is 0 Å². The van der Waals surface area contributed by atoms with E-state index in [1.807, 2.05) is 6.07 Å². The Bertz CT molecular complexity index is 1650. The molecule has 12 heteroatoms. The van der Waals surface area contributed by atoms with Gasteiger partial charge in [-0.3, -0.25) is 9.88 Å². The molecule has 2 aliphatic rings. The summed E-state index contributed by atoms with van der Waals surface area (Å²) < 4.78 is 37.1. The molecule has 0 unspecified atom stereocenters. The highest BCUT2D eigenvalue weighted by atomic mass is 32.1. The molecule has 3 N–H and O–H groups in total. The van der Waals surface area contributed by atoms with Crippen molar-refractivity contribution in [3.63, 3.8) is 0 Å². The fraction of sp³-hybridized carbons (Fsp3) is 0.407. The number of ether oxygens (including phenoxy) is 1. The molecule has 6 rings (SSSR count). The number of halogens is 2. The lowest BCUT2D eigenvalue weighted by Crippen LogP contribution is -2.45. The van der Waals surface area contributed by atoms with Crippen LogP contribution in [0.2, 0.25) is 0 Å². The van der Waals surface area contributed by atoms with Crippen molar-refractivity contribution in [3.8, 4) is 17.3 Å². The molecule has 39 heavy (non-hydrogen) atoms. The van der Waals surface area contributed by atoms with E-state index in [0.29, 0.717) is 30.0 Å².